The molecular weight excluding hydrogens is 504 g/mol. The summed E-state index contributed by atoms with van der Waals surface area (Å²) in [6, 6.07) is 13.2. The van der Waals surface area contributed by atoms with E-state index in [-0.39, 0.29) is 5.91 Å². The lowest BCUT2D eigenvalue weighted by atomic mass is 10.0. The molecule has 0 radical (unpaired) electrons. The minimum absolute atomic E-state index is 0.216. The van der Waals surface area contributed by atoms with E-state index in [2.05, 4.69) is 38.0 Å². The fourth-order valence-electron chi connectivity index (χ4n) is 3.46. The highest BCUT2D eigenvalue weighted by Crippen LogP contribution is 2.41. The van der Waals surface area contributed by atoms with Gasteiger partial charge in [-0.05, 0) is 83.5 Å². The third-order valence-corrected chi connectivity index (χ3v) is 6.63. The van der Waals surface area contributed by atoms with Gasteiger partial charge in [0.25, 0.3) is 5.91 Å². The van der Waals surface area contributed by atoms with Crippen LogP contribution in [0.4, 0.5) is 10.5 Å². The van der Waals surface area contributed by atoms with E-state index in [1.54, 1.807) is 11.3 Å². The third-order valence-electron chi connectivity index (χ3n) is 4.98. The van der Waals surface area contributed by atoms with Gasteiger partial charge in [0.05, 0.1) is 12.2 Å². The summed E-state index contributed by atoms with van der Waals surface area (Å²) in [6.07, 6.45) is 0.382. The van der Waals surface area contributed by atoms with Gasteiger partial charge < -0.3 is 20.1 Å². The van der Waals surface area contributed by atoms with Gasteiger partial charge in [0.15, 0.2) is 0 Å². The summed E-state index contributed by atoms with van der Waals surface area (Å²) < 4.78 is 11.8. The Balaban J connectivity index is 1.45. The topological polar surface area (TPSA) is 76.7 Å². The normalized spacial score (nSPS) is 12.6. The summed E-state index contributed by atoms with van der Waals surface area (Å²) in [5.41, 5.74) is 3.73. The predicted octanol–water partition coefficient (Wildman–Crippen LogP) is 6.39. The molecule has 1 aromatic heterocycles. The Kier molecular flexibility index (Phi) is 6.76. The van der Waals surface area contributed by atoms with Gasteiger partial charge in [0.2, 0.25) is 0 Å². The average molecular weight is 529 g/mol. The van der Waals surface area contributed by atoms with Crippen molar-refractivity contribution >= 4 is 45.0 Å². The molecule has 0 atom stereocenters. The molecule has 4 rings (SSSR count). The quantitative estimate of drug-likeness (QED) is 0.411. The molecule has 2 amide bonds. The first-order valence-corrected chi connectivity index (χ1v) is 12.3. The van der Waals surface area contributed by atoms with Gasteiger partial charge in [0, 0.05) is 33.6 Å². The monoisotopic (exact) mass is 528 g/mol. The Bertz CT molecular complexity index is 1180. The van der Waals surface area contributed by atoms with Crippen molar-refractivity contribution in [2.45, 2.75) is 39.3 Å². The number of ether oxygens (including phenoxy) is 2. The van der Waals surface area contributed by atoms with Gasteiger partial charge in [-0.2, -0.15) is 0 Å². The lowest BCUT2D eigenvalue weighted by Gasteiger charge is -2.19. The van der Waals surface area contributed by atoms with Gasteiger partial charge in [-0.15, -0.1) is 11.3 Å². The second-order valence-electron chi connectivity index (χ2n) is 8.71. The van der Waals surface area contributed by atoms with Crippen molar-refractivity contribution in [3.63, 3.8) is 0 Å². The molecular formula is C25H25BrN2O4S. The highest BCUT2D eigenvalue weighted by molar-refractivity contribution is 9.10. The molecule has 8 heteroatoms. The van der Waals surface area contributed by atoms with Crippen LogP contribution >= 0.6 is 27.3 Å². The lowest BCUT2D eigenvalue weighted by molar-refractivity contribution is 0.0523. The van der Waals surface area contributed by atoms with Crippen LogP contribution in [0.15, 0.2) is 52.3 Å². The molecule has 0 aliphatic carbocycles. The summed E-state index contributed by atoms with van der Waals surface area (Å²) in [5.74, 6) is 0.563. The third kappa shape index (κ3) is 5.75. The smallest absolute Gasteiger partial charge is 0.407 e. The zero-order valence-corrected chi connectivity index (χ0v) is 21.1. The molecule has 2 N–H and O–H groups in total. The van der Waals surface area contributed by atoms with Crippen molar-refractivity contribution in [3.05, 3.63) is 69.0 Å². The molecule has 3 aromatic rings. The maximum absolute atomic E-state index is 13.0. The standard InChI is InChI=1S/C25H25BrN2O4S/c1-25(2,3)32-24(30)27-14-15-4-6-17(7-5-15)28-23(29)18-12-19-21(13-20(18)26)31-10-8-16-9-11-33-22(16)19/h4-7,9,11-13H,8,10,14H2,1-3H3,(H,27,30)(H,28,29). The van der Waals surface area contributed by atoms with E-state index in [0.717, 1.165) is 28.2 Å². The highest BCUT2D eigenvalue weighted by Gasteiger charge is 2.21. The Morgan fingerprint density at radius 3 is 2.64 bits per heavy atom. The van der Waals surface area contributed by atoms with Gasteiger partial charge in [0.1, 0.15) is 11.4 Å². The number of alkyl carbamates (subject to hydrolysis) is 1. The molecule has 172 valence electrons. The van der Waals surface area contributed by atoms with Crippen LogP contribution in [0.5, 0.6) is 5.75 Å². The van der Waals surface area contributed by atoms with E-state index in [9.17, 15) is 9.59 Å². The van der Waals surface area contributed by atoms with Crippen LogP contribution in [0.2, 0.25) is 0 Å². The van der Waals surface area contributed by atoms with Crippen LogP contribution in [0.3, 0.4) is 0 Å². The number of rotatable bonds is 4. The zero-order chi connectivity index (χ0) is 23.6. The van der Waals surface area contributed by atoms with Crippen LogP contribution in [0.1, 0.15) is 42.3 Å². The van der Waals surface area contributed by atoms with Crippen LogP contribution < -0.4 is 15.4 Å². The van der Waals surface area contributed by atoms with E-state index < -0.39 is 11.7 Å². The van der Waals surface area contributed by atoms with Gasteiger partial charge in [-0.1, -0.05) is 12.1 Å². The van der Waals surface area contributed by atoms with Crippen molar-refractivity contribution in [1.82, 2.24) is 5.32 Å². The fraction of sp³-hybridized carbons (Fsp3) is 0.280. The molecule has 6 nitrogen and oxygen atoms in total. The molecule has 2 aromatic carbocycles. The number of nitrogens with one attached hydrogen (secondary N) is 2. The Labute approximate surface area is 205 Å². The molecule has 0 saturated carbocycles. The first-order valence-electron chi connectivity index (χ1n) is 10.6. The molecule has 0 fully saturated rings. The molecule has 0 unspecified atom stereocenters. The van der Waals surface area contributed by atoms with E-state index in [1.807, 2.05) is 57.2 Å². The van der Waals surface area contributed by atoms with Crippen molar-refractivity contribution in [1.29, 1.82) is 0 Å². The summed E-state index contributed by atoms with van der Waals surface area (Å²) in [5, 5.41) is 7.74. The Morgan fingerprint density at radius 2 is 1.91 bits per heavy atom. The number of fused-ring (bicyclic) bond motifs is 3. The zero-order valence-electron chi connectivity index (χ0n) is 18.7. The Hall–Kier alpha value is -2.84. The molecule has 0 spiro atoms. The largest absolute Gasteiger partial charge is 0.493 e. The van der Waals surface area contributed by atoms with Crippen molar-refractivity contribution < 1.29 is 19.1 Å². The van der Waals surface area contributed by atoms with E-state index >= 15 is 0 Å². The number of benzene rings is 2. The predicted molar refractivity (Wildman–Crippen MR) is 134 cm³/mol. The number of carbonyl (C=O) groups is 2. The van der Waals surface area contributed by atoms with Crippen LogP contribution in [0.25, 0.3) is 10.4 Å². The van der Waals surface area contributed by atoms with E-state index in [0.29, 0.717) is 28.9 Å². The van der Waals surface area contributed by atoms with Crippen LogP contribution in [-0.2, 0) is 17.7 Å². The molecule has 2 heterocycles. The number of carbonyl (C=O) groups excluding carboxylic acids is 2. The maximum atomic E-state index is 13.0. The fourth-order valence-corrected chi connectivity index (χ4v) is 4.94. The van der Waals surface area contributed by atoms with Gasteiger partial charge in [-0.3, -0.25) is 4.79 Å². The molecule has 0 bridgehead atoms. The van der Waals surface area contributed by atoms with Gasteiger partial charge >= 0.3 is 6.09 Å². The number of amides is 2. The highest BCUT2D eigenvalue weighted by atomic mass is 79.9. The summed E-state index contributed by atoms with van der Waals surface area (Å²) in [7, 11) is 0. The van der Waals surface area contributed by atoms with Crippen LogP contribution in [0, 0.1) is 0 Å². The first-order chi connectivity index (χ1) is 15.7. The molecule has 1 aliphatic heterocycles. The van der Waals surface area contributed by atoms with Crippen molar-refractivity contribution in [3.8, 4) is 16.2 Å². The Morgan fingerprint density at radius 1 is 1.15 bits per heavy atom. The average Bonchev–Trinajstić information content (AvgIpc) is 3.14. The molecule has 1 aliphatic rings. The minimum Gasteiger partial charge on any atom is -0.493 e. The SMILES string of the molecule is CC(C)(C)OC(=O)NCc1ccc(NC(=O)c2cc3c(cc2Br)OCCc2ccsc2-3)cc1. The van der Waals surface area contributed by atoms with Crippen molar-refractivity contribution in [2.75, 3.05) is 11.9 Å². The molecule has 33 heavy (non-hydrogen) atoms. The number of hydrogen-bond acceptors (Lipinski definition) is 5. The number of thiophene rings is 1. The van der Waals surface area contributed by atoms with Crippen LogP contribution in [-0.4, -0.2) is 24.2 Å². The van der Waals surface area contributed by atoms with Gasteiger partial charge in [-0.25, -0.2) is 4.79 Å². The van der Waals surface area contributed by atoms with Crippen molar-refractivity contribution in [2.24, 2.45) is 0 Å². The van der Waals surface area contributed by atoms with E-state index in [4.69, 9.17) is 9.47 Å². The maximum Gasteiger partial charge on any atom is 0.407 e. The first kappa shape index (κ1) is 23.3. The van der Waals surface area contributed by atoms with E-state index in [1.165, 1.54) is 5.56 Å². The molecule has 0 saturated heterocycles. The summed E-state index contributed by atoms with van der Waals surface area (Å²) in [4.78, 5) is 26.0. The summed E-state index contributed by atoms with van der Waals surface area (Å²) in [6.45, 7) is 6.41. The number of hydrogen-bond donors (Lipinski definition) is 2. The second kappa shape index (κ2) is 9.57. The number of halogens is 1. The summed E-state index contributed by atoms with van der Waals surface area (Å²) >= 11 is 5.18. The lowest BCUT2D eigenvalue weighted by Crippen LogP contribution is -2.32. The number of anilines is 1. The minimum atomic E-state index is -0.542. The second-order valence-corrected chi connectivity index (χ2v) is 10.5.